The number of unbranched alkanes of at least 4 members (excludes halogenated alkanes) is 15. The van der Waals surface area contributed by atoms with Gasteiger partial charge >= 0.3 is 12.1 Å². The molecule has 0 aromatic heterocycles. The lowest BCUT2D eigenvalue weighted by Gasteiger charge is -2.24. The third-order valence-corrected chi connectivity index (χ3v) is 9.34. The molecule has 1 aliphatic rings. The number of rotatable bonds is 27. The normalized spacial score (nSPS) is 15.4. The minimum atomic E-state index is -4.43. The molecule has 1 fully saturated rings. The van der Waals surface area contributed by atoms with Gasteiger partial charge in [-0.15, -0.1) is 0 Å². The van der Waals surface area contributed by atoms with Gasteiger partial charge in [-0.25, -0.2) is 0 Å². The summed E-state index contributed by atoms with van der Waals surface area (Å²) in [5, 5.41) is 28.5. The average Bonchev–Trinajstić information content (AvgIpc) is 3.13. The van der Waals surface area contributed by atoms with Gasteiger partial charge in [-0.1, -0.05) is 158 Å². The van der Waals surface area contributed by atoms with Crippen molar-refractivity contribution in [3.8, 4) is 5.75 Å². The molecule has 2 unspecified atom stereocenters. The number of carbonyl (C=O) groups is 1. The van der Waals surface area contributed by atoms with Gasteiger partial charge in [0.15, 0.2) is 0 Å². The highest BCUT2D eigenvalue weighted by atomic mass is 19.4. The summed E-state index contributed by atoms with van der Waals surface area (Å²) >= 11 is 0. The predicted molar refractivity (Wildman–Crippen MR) is 209 cm³/mol. The molecule has 1 aromatic carbocycles. The summed E-state index contributed by atoms with van der Waals surface area (Å²) in [4.78, 5) is 10.4. The Morgan fingerprint density at radius 2 is 1.31 bits per heavy atom. The number of alkyl halides is 3. The van der Waals surface area contributed by atoms with E-state index in [9.17, 15) is 28.2 Å². The Hall–Kier alpha value is -2.84. The number of carboxylic acids is 1. The average molecular weight is 735 g/mol. The van der Waals surface area contributed by atoms with Crippen LogP contribution in [0.1, 0.15) is 160 Å². The predicted octanol–water partition coefficient (Wildman–Crippen LogP) is 12.7. The first-order valence-corrected chi connectivity index (χ1v) is 20.2. The molecule has 1 aliphatic carbocycles. The summed E-state index contributed by atoms with van der Waals surface area (Å²) < 4.78 is 43.2. The Bertz CT molecular complexity index is 1120. The van der Waals surface area contributed by atoms with Crippen LogP contribution in [0.3, 0.4) is 0 Å². The zero-order valence-corrected chi connectivity index (χ0v) is 31.9. The Morgan fingerprint density at radius 3 is 1.87 bits per heavy atom. The van der Waals surface area contributed by atoms with Crippen molar-refractivity contribution in [2.24, 2.45) is 5.92 Å². The lowest BCUT2D eigenvalue weighted by molar-refractivity contribution is -0.138. The van der Waals surface area contributed by atoms with E-state index in [2.05, 4.69) is 19.1 Å². The van der Waals surface area contributed by atoms with Gasteiger partial charge in [-0.2, -0.15) is 13.2 Å². The summed E-state index contributed by atoms with van der Waals surface area (Å²) in [6.45, 7) is 2.15. The van der Waals surface area contributed by atoms with Crippen LogP contribution in [-0.2, 0) is 11.0 Å². The quantitative estimate of drug-likeness (QED) is 0.0619. The molecule has 1 saturated carbocycles. The molecule has 296 valence electrons. The first kappa shape index (κ1) is 47.2. The summed E-state index contributed by atoms with van der Waals surface area (Å²) in [6.07, 6.45) is 36.9. The number of benzene rings is 1. The van der Waals surface area contributed by atoms with Gasteiger partial charge in [0.25, 0.3) is 0 Å². The highest BCUT2D eigenvalue weighted by molar-refractivity contribution is 5.66. The van der Waals surface area contributed by atoms with Crippen molar-refractivity contribution in [1.29, 1.82) is 0 Å². The van der Waals surface area contributed by atoms with Crippen LogP contribution in [0, 0.1) is 5.92 Å². The highest BCUT2D eigenvalue weighted by Crippen LogP contribution is 2.31. The van der Waals surface area contributed by atoms with Crippen molar-refractivity contribution >= 4 is 5.97 Å². The Morgan fingerprint density at radius 1 is 0.769 bits per heavy atom. The lowest BCUT2D eigenvalue weighted by Crippen LogP contribution is -2.20. The molecule has 0 aliphatic heterocycles. The molecule has 2 atom stereocenters. The number of halogens is 3. The van der Waals surface area contributed by atoms with E-state index in [-0.39, 0.29) is 24.9 Å². The fourth-order valence-corrected chi connectivity index (χ4v) is 6.17. The molecule has 0 saturated heterocycles. The monoisotopic (exact) mass is 735 g/mol. The van der Waals surface area contributed by atoms with Gasteiger partial charge < -0.3 is 20.1 Å². The van der Waals surface area contributed by atoms with E-state index in [1.807, 2.05) is 24.3 Å². The minimum absolute atomic E-state index is 0.0645. The number of hydrogen-bond donors (Lipinski definition) is 3. The second kappa shape index (κ2) is 31.7. The molecule has 0 spiro atoms. The van der Waals surface area contributed by atoms with Crippen molar-refractivity contribution in [1.82, 2.24) is 0 Å². The van der Waals surface area contributed by atoms with E-state index >= 15 is 0 Å². The number of aliphatic carboxylic acids is 1. The molecule has 0 amide bonds. The summed E-state index contributed by atoms with van der Waals surface area (Å²) in [5.41, 5.74) is -0.786. The molecule has 8 heteroatoms. The topological polar surface area (TPSA) is 87.0 Å². The number of carboxylic acid groups (broad SMARTS) is 1. The number of allylic oxidation sites excluding steroid dienone is 6. The molecule has 0 heterocycles. The van der Waals surface area contributed by atoms with E-state index in [0.29, 0.717) is 5.92 Å². The summed E-state index contributed by atoms with van der Waals surface area (Å²) in [7, 11) is 0. The maximum absolute atomic E-state index is 12.6. The van der Waals surface area contributed by atoms with Crippen molar-refractivity contribution in [3.05, 3.63) is 78.4 Å². The van der Waals surface area contributed by atoms with Crippen LogP contribution in [0.25, 0.3) is 0 Å². The number of aliphatic hydroxyl groups is 2. The fourth-order valence-electron chi connectivity index (χ4n) is 6.17. The molecule has 5 nitrogen and oxygen atoms in total. The smallest absolute Gasteiger partial charge is 0.416 e. The van der Waals surface area contributed by atoms with Crippen LogP contribution in [0.15, 0.2) is 72.9 Å². The van der Waals surface area contributed by atoms with Crippen LogP contribution in [-0.4, -0.2) is 40.1 Å². The second-order valence-electron chi connectivity index (χ2n) is 14.1. The molecule has 0 bridgehead atoms. The van der Waals surface area contributed by atoms with Gasteiger partial charge in [0.1, 0.15) is 18.5 Å². The van der Waals surface area contributed by atoms with Gasteiger partial charge in [-0.3, -0.25) is 4.79 Å². The van der Waals surface area contributed by atoms with E-state index in [1.165, 1.54) is 108 Å². The van der Waals surface area contributed by atoms with E-state index in [0.717, 1.165) is 63.5 Å². The highest BCUT2D eigenvalue weighted by Gasteiger charge is 2.30. The van der Waals surface area contributed by atoms with E-state index in [4.69, 9.17) is 9.84 Å². The van der Waals surface area contributed by atoms with Crippen molar-refractivity contribution in [2.45, 2.75) is 173 Å². The Kier molecular flexibility index (Phi) is 28.7. The minimum Gasteiger partial charge on any atom is -0.491 e. The van der Waals surface area contributed by atoms with Crippen LogP contribution in [0.2, 0.25) is 0 Å². The van der Waals surface area contributed by atoms with Crippen LogP contribution >= 0.6 is 0 Å². The molecule has 2 rings (SSSR count). The zero-order chi connectivity index (χ0) is 38.1. The van der Waals surface area contributed by atoms with Gasteiger partial charge in [-0.05, 0) is 69.1 Å². The second-order valence-corrected chi connectivity index (χ2v) is 14.1. The van der Waals surface area contributed by atoms with Crippen molar-refractivity contribution in [2.75, 3.05) is 6.61 Å². The lowest BCUT2D eigenvalue weighted by atomic mass is 9.85. The number of aliphatic hydroxyl groups excluding tert-OH is 2. The molecule has 1 aromatic rings. The van der Waals surface area contributed by atoms with E-state index in [1.54, 1.807) is 6.08 Å². The Labute approximate surface area is 313 Å². The molecule has 0 radical (unpaired) electrons. The number of ether oxygens (including phenoxy) is 1. The first-order chi connectivity index (χ1) is 25.1. The molecular formula is C44H69F3O5. The largest absolute Gasteiger partial charge is 0.491 e. The number of hydrogen-bond acceptors (Lipinski definition) is 4. The van der Waals surface area contributed by atoms with Gasteiger partial charge in [0.05, 0.1) is 11.7 Å². The van der Waals surface area contributed by atoms with Gasteiger partial charge in [0, 0.05) is 6.42 Å². The van der Waals surface area contributed by atoms with E-state index < -0.39 is 23.8 Å². The third-order valence-electron chi connectivity index (χ3n) is 9.34. The van der Waals surface area contributed by atoms with Gasteiger partial charge in [0.2, 0.25) is 0 Å². The van der Waals surface area contributed by atoms with Crippen LogP contribution in [0.5, 0.6) is 5.75 Å². The zero-order valence-electron chi connectivity index (χ0n) is 31.9. The standard InChI is InChI=1S/C23H31F3O4.C21H38O/c24-23(25,26)19-13-12-15-21(17-19)30-18-20(27)14-10-8-6-4-2-1-3-5-7-9-11-16-22(28)29;1-2-3-4-5-6-7-8-9-10-11-12-16-19-21(22)20-17-14-13-15-18-20/h6,8,10,12-15,17,20,27H,1-5,7,9,11,16,18H2,(H,28,29);11-12,16,19-22H,2-10,13-15,17-18H2,1H3/b8-6-,14-10+;12-11-,19-16+. The maximum Gasteiger partial charge on any atom is 0.416 e. The molecule has 52 heavy (non-hydrogen) atoms. The van der Waals surface area contributed by atoms with Crippen LogP contribution in [0.4, 0.5) is 13.2 Å². The summed E-state index contributed by atoms with van der Waals surface area (Å²) in [5.74, 6) is -0.160. The molecule has 3 N–H and O–H groups in total. The SMILES string of the molecule is CCCCCCCCCC/C=C\C=C\C(O)C1CCCCC1.O=C(O)CCCCCCCCC/C=C\C=C\C(O)COc1cccc(C(F)(F)F)c1. The van der Waals surface area contributed by atoms with Crippen molar-refractivity contribution < 1.29 is 38.0 Å². The summed E-state index contributed by atoms with van der Waals surface area (Å²) in [6, 6.07) is 4.56. The van der Waals surface area contributed by atoms with Crippen LogP contribution < -0.4 is 4.74 Å². The third kappa shape index (κ3) is 27.8. The van der Waals surface area contributed by atoms with Crippen molar-refractivity contribution in [3.63, 3.8) is 0 Å². The first-order valence-electron chi connectivity index (χ1n) is 20.2. The maximum atomic E-state index is 12.6. The fraction of sp³-hybridized carbons (Fsp3) is 0.659. The Balaban J connectivity index is 0.000000545. The molecular weight excluding hydrogens is 665 g/mol.